The average molecular weight is 439 g/mol. The monoisotopic (exact) mass is 438 g/mol. The Morgan fingerprint density at radius 2 is 1.62 bits per heavy atom. The molecule has 32 heavy (non-hydrogen) atoms. The van der Waals surface area contributed by atoms with E-state index in [-0.39, 0.29) is 0 Å². The molecule has 1 heterocycles. The van der Waals surface area contributed by atoms with Gasteiger partial charge in [-0.2, -0.15) is 5.26 Å². The van der Waals surface area contributed by atoms with Crippen molar-refractivity contribution in [2.45, 2.75) is 31.1 Å². The maximum absolute atomic E-state index is 9.00. The molecule has 4 nitrogen and oxygen atoms in total. The van der Waals surface area contributed by atoms with Crippen LogP contribution in [0, 0.1) is 34.5 Å². The van der Waals surface area contributed by atoms with E-state index in [0.29, 0.717) is 22.3 Å². The summed E-state index contributed by atoms with van der Waals surface area (Å²) in [7, 11) is 0. The molecule has 4 aliphatic carbocycles. The quantitative estimate of drug-likeness (QED) is 0.460. The van der Waals surface area contributed by atoms with Crippen LogP contribution in [-0.2, 0) is 5.41 Å². The third-order valence-corrected chi connectivity index (χ3v) is 9.32. The molecular formula is C27H23ClN4. The van der Waals surface area contributed by atoms with Gasteiger partial charge in [-0.3, -0.25) is 0 Å². The molecular weight excluding hydrogens is 416 g/mol. The Hall–Kier alpha value is -3.03. The number of nitrogens with zero attached hydrogens (tertiary/aromatic N) is 2. The Kier molecular flexibility index (Phi) is 3.63. The predicted molar refractivity (Wildman–Crippen MR) is 126 cm³/mol. The molecule has 2 N–H and O–H groups in total. The van der Waals surface area contributed by atoms with Gasteiger partial charge in [0.2, 0.25) is 0 Å². The molecule has 0 saturated heterocycles. The normalized spacial score (nSPS) is 32.6. The van der Waals surface area contributed by atoms with Crippen molar-refractivity contribution >= 4 is 34.5 Å². The Bertz CT molecular complexity index is 1270. The molecule has 2 atom stereocenters. The van der Waals surface area contributed by atoms with Crippen molar-refractivity contribution in [3.8, 4) is 6.07 Å². The van der Waals surface area contributed by atoms with Gasteiger partial charge in [0, 0.05) is 16.8 Å². The summed E-state index contributed by atoms with van der Waals surface area (Å²) in [6.45, 7) is 0. The van der Waals surface area contributed by atoms with Crippen LogP contribution in [0.3, 0.4) is 0 Å². The Balaban J connectivity index is 1.07. The molecule has 2 aromatic carbocycles. The summed E-state index contributed by atoms with van der Waals surface area (Å²) in [6, 6.07) is 22.1. The second-order valence-electron chi connectivity index (χ2n) is 10.0. The van der Waals surface area contributed by atoms with Crippen LogP contribution in [0.5, 0.6) is 0 Å². The maximum atomic E-state index is 9.00. The van der Waals surface area contributed by atoms with E-state index in [1.54, 1.807) is 6.07 Å². The number of nitrogens with one attached hydrogen (secondary N) is 2. The van der Waals surface area contributed by atoms with Gasteiger partial charge >= 0.3 is 0 Å². The fourth-order valence-electron chi connectivity index (χ4n) is 7.84. The Labute approximate surface area is 192 Å². The molecule has 0 radical (unpaired) electrons. The summed E-state index contributed by atoms with van der Waals surface area (Å²) in [6.07, 6.45) is 5.72. The van der Waals surface area contributed by atoms with Crippen LogP contribution in [0.1, 0.15) is 36.9 Å². The molecule has 5 heteroatoms. The van der Waals surface area contributed by atoms with Crippen molar-refractivity contribution in [3.05, 3.63) is 76.9 Å². The van der Waals surface area contributed by atoms with Gasteiger partial charge in [0.1, 0.15) is 17.6 Å². The molecule has 3 aromatic rings. The van der Waals surface area contributed by atoms with Crippen LogP contribution in [-0.4, -0.2) is 4.98 Å². The third-order valence-electron chi connectivity index (χ3n) is 9.00. The summed E-state index contributed by atoms with van der Waals surface area (Å²) in [4.78, 5) is 4.25. The Morgan fingerprint density at radius 1 is 0.906 bits per heavy atom. The zero-order valence-electron chi connectivity index (χ0n) is 17.6. The number of hydrogen-bond donors (Lipinski definition) is 2. The third kappa shape index (κ3) is 2.20. The van der Waals surface area contributed by atoms with Gasteiger partial charge in [-0.1, -0.05) is 23.7 Å². The molecule has 7 rings (SSSR count). The van der Waals surface area contributed by atoms with Crippen molar-refractivity contribution in [3.63, 3.8) is 0 Å². The van der Waals surface area contributed by atoms with Crippen molar-refractivity contribution in [2.75, 3.05) is 10.6 Å². The highest BCUT2D eigenvalue weighted by Crippen LogP contribution is 2.92. The number of hydrogen-bond acceptors (Lipinski definition) is 4. The minimum absolute atomic E-state index is 0.394. The number of aromatic nitrogens is 1. The van der Waals surface area contributed by atoms with Gasteiger partial charge in [-0.05, 0) is 103 Å². The molecule has 0 amide bonds. The lowest BCUT2D eigenvalue weighted by atomic mass is 9.12. The summed E-state index contributed by atoms with van der Waals surface area (Å²) in [5, 5.41) is 16.5. The molecule has 158 valence electrons. The highest BCUT2D eigenvalue weighted by molar-refractivity contribution is 6.33. The molecule has 1 aromatic heterocycles. The van der Waals surface area contributed by atoms with Crippen LogP contribution < -0.4 is 10.6 Å². The summed E-state index contributed by atoms with van der Waals surface area (Å²) < 4.78 is 0. The first-order valence-electron chi connectivity index (χ1n) is 11.4. The van der Waals surface area contributed by atoms with Crippen LogP contribution in [0.4, 0.5) is 22.9 Å². The van der Waals surface area contributed by atoms with E-state index in [9.17, 15) is 0 Å². The van der Waals surface area contributed by atoms with Gasteiger partial charge in [0.15, 0.2) is 0 Å². The Morgan fingerprint density at radius 3 is 2.25 bits per heavy atom. The molecule has 2 unspecified atom stereocenters. The zero-order chi connectivity index (χ0) is 21.5. The predicted octanol–water partition coefficient (Wildman–Crippen LogP) is 6.78. The smallest absolute Gasteiger partial charge is 0.142 e. The summed E-state index contributed by atoms with van der Waals surface area (Å²) in [5.41, 5.74) is 5.81. The lowest BCUT2D eigenvalue weighted by Crippen LogP contribution is -2.87. The summed E-state index contributed by atoms with van der Waals surface area (Å²) >= 11 is 6.74. The minimum atomic E-state index is 0.394. The fraction of sp³-hybridized carbons (Fsp3) is 0.333. The summed E-state index contributed by atoms with van der Waals surface area (Å²) in [5.74, 6) is 3.66. The first-order valence-corrected chi connectivity index (χ1v) is 11.8. The molecule has 4 aliphatic rings. The number of rotatable bonds is 5. The van der Waals surface area contributed by atoms with E-state index in [1.807, 2.05) is 36.4 Å². The number of nitriles is 1. The van der Waals surface area contributed by atoms with Crippen LogP contribution in [0.2, 0.25) is 5.02 Å². The lowest BCUT2D eigenvalue weighted by molar-refractivity contribution is -0.395. The van der Waals surface area contributed by atoms with E-state index >= 15 is 0 Å². The van der Waals surface area contributed by atoms with Gasteiger partial charge < -0.3 is 10.6 Å². The number of benzene rings is 2. The molecule has 4 saturated carbocycles. The molecule has 4 fully saturated rings. The van der Waals surface area contributed by atoms with E-state index in [1.165, 1.54) is 31.2 Å². The van der Waals surface area contributed by atoms with Crippen molar-refractivity contribution in [1.82, 2.24) is 4.98 Å². The van der Waals surface area contributed by atoms with Crippen LogP contribution in [0.25, 0.3) is 0 Å². The number of pyridine rings is 1. The SMILES string of the molecule is N#Cc1cccc(Nc2ccc(Nc3ccc(C45CC6CC7CC(C4)C765)cc3Cl)cc2)n1. The van der Waals surface area contributed by atoms with Crippen molar-refractivity contribution in [1.29, 1.82) is 5.26 Å². The lowest BCUT2D eigenvalue weighted by Gasteiger charge is -2.91. The minimum Gasteiger partial charge on any atom is -0.354 e. The highest BCUT2D eigenvalue weighted by Gasteiger charge is 2.87. The number of anilines is 4. The second kappa shape index (κ2) is 6.27. The van der Waals surface area contributed by atoms with E-state index in [0.717, 1.165) is 39.8 Å². The molecule has 0 bridgehead atoms. The highest BCUT2D eigenvalue weighted by atomic mass is 35.5. The van der Waals surface area contributed by atoms with Gasteiger partial charge in [-0.15, -0.1) is 0 Å². The topological polar surface area (TPSA) is 60.7 Å². The average Bonchev–Trinajstić information content (AvgIpc) is 2.75. The van der Waals surface area contributed by atoms with E-state index < -0.39 is 0 Å². The first kappa shape index (κ1) is 18.5. The largest absolute Gasteiger partial charge is 0.354 e. The maximum Gasteiger partial charge on any atom is 0.142 e. The molecule has 1 spiro atoms. The van der Waals surface area contributed by atoms with Crippen molar-refractivity contribution < 1.29 is 0 Å². The van der Waals surface area contributed by atoms with Gasteiger partial charge in [0.05, 0.1) is 10.7 Å². The standard InChI is InChI=1S/C27H23ClN4/c28-23-12-16(26-13-18-10-17-11-19(14-26)27(17,18)26)4-9-24(23)30-20-5-7-21(8-6-20)31-25-3-1-2-22(15-29)32-25/h1-9,12,17-19,30H,10-11,13-14H2,(H,31,32). The zero-order valence-corrected chi connectivity index (χ0v) is 18.4. The van der Waals surface area contributed by atoms with E-state index in [2.05, 4.69) is 39.9 Å². The fourth-order valence-corrected chi connectivity index (χ4v) is 8.07. The first-order chi connectivity index (χ1) is 15.6. The van der Waals surface area contributed by atoms with E-state index in [4.69, 9.17) is 16.9 Å². The van der Waals surface area contributed by atoms with Crippen molar-refractivity contribution in [2.24, 2.45) is 23.2 Å². The van der Waals surface area contributed by atoms with Gasteiger partial charge in [0.25, 0.3) is 0 Å². The number of halogens is 1. The van der Waals surface area contributed by atoms with Gasteiger partial charge in [-0.25, -0.2) is 4.98 Å². The van der Waals surface area contributed by atoms with Crippen LogP contribution >= 0.6 is 11.6 Å². The van der Waals surface area contributed by atoms with Crippen LogP contribution in [0.15, 0.2) is 60.7 Å². The molecule has 0 aliphatic heterocycles. The second-order valence-corrected chi connectivity index (χ2v) is 10.4.